The van der Waals surface area contributed by atoms with E-state index in [-0.39, 0.29) is 17.0 Å². The normalized spacial score (nSPS) is 22.5. The second-order valence-electron chi connectivity index (χ2n) is 5.61. The quantitative estimate of drug-likeness (QED) is 0.609. The summed E-state index contributed by atoms with van der Waals surface area (Å²) in [5.41, 5.74) is -0.687. The Hall–Kier alpha value is -1.48. The van der Waals surface area contributed by atoms with Gasteiger partial charge in [-0.3, -0.25) is 0 Å². The van der Waals surface area contributed by atoms with E-state index >= 15 is 0 Å². The SMILES string of the molecule is Cc1ccc(S(=O)(=O)NCC2(O)CCCNC2)cc1C(=O)O. The average Bonchev–Trinajstić information content (AvgIpc) is 2.46. The highest BCUT2D eigenvalue weighted by atomic mass is 32.2. The molecule has 0 amide bonds. The number of aryl methyl sites for hydroxylation is 1. The van der Waals surface area contributed by atoms with Crippen molar-refractivity contribution >= 4 is 16.0 Å². The minimum Gasteiger partial charge on any atom is -0.478 e. The predicted octanol–water partition coefficient (Wildman–Crippen LogP) is 0.0860. The Morgan fingerprint density at radius 1 is 1.45 bits per heavy atom. The van der Waals surface area contributed by atoms with Crippen LogP contribution in [0.3, 0.4) is 0 Å². The van der Waals surface area contributed by atoms with Crippen molar-refractivity contribution in [3.8, 4) is 0 Å². The molecule has 0 aromatic heterocycles. The van der Waals surface area contributed by atoms with Crippen molar-refractivity contribution in [2.24, 2.45) is 0 Å². The molecule has 1 aliphatic rings. The van der Waals surface area contributed by atoms with Gasteiger partial charge in [-0.05, 0) is 44.0 Å². The second-order valence-corrected chi connectivity index (χ2v) is 7.38. The van der Waals surface area contributed by atoms with E-state index < -0.39 is 21.6 Å². The number of aromatic carboxylic acids is 1. The maximum Gasteiger partial charge on any atom is 0.335 e. The lowest BCUT2D eigenvalue weighted by Gasteiger charge is -2.32. The molecule has 1 aromatic carbocycles. The predicted molar refractivity (Wildman–Crippen MR) is 80.4 cm³/mol. The Morgan fingerprint density at radius 3 is 2.77 bits per heavy atom. The van der Waals surface area contributed by atoms with Crippen LogP contribution in [0.25, 0.3) is 0 Å². The molecule has 0 saturated carbocycles. The van der Waals surface area contributed by atoms with Crippen molar-refractivity contribution in [2.45, 2.75) is 30.3 Å². The molecule has 1 aromatic rings. The van der Waals surface area contributed by atoms with E-state index in [1.165, 1.54) is 12.1 Å². The van der Waals surface area contributed by atoms with E-state index in [1.807, 2.05) is 0 Å². The number of nitrogens with one attached hydrogen (secondary N) is 2. The highest BCUT2D eigenvalue weighted by Gasteiger charge is 2.31. The molecule has 1 heterocycles. The molecule has 22 heavy (non-hydrogen) atoms. The second kappa shape index (κ2) is 6.33. The van der Waals surface area contributed by atoms with Gasteiger partial charge in [-0.15, -0.1) is 0 Å². The van der Waals surface area contributed by atoms with Crippen LogP contribution in [0.4, 0.5) is 0 Å². The summed E-state index contributed by atoms with van der Waals surface area (Å²) >= 11 is 0. The molecular formula is C14H20N2O5S. The zero-order valence-corrected chi connectivity index (χ0v) is 13.1. The van der Waals surface area contributed by atoms with E-state index in [0.717, 1.165) is 19.0 Å². The third kappa shape index (κ3) is 3.83. The third-order valence-corrected chi connectivity index (χ3v) is 5.19. The lowest BCUT2D eigenvalue weighted by Crippen LogP contribution is -2.52. The number of hydrogen-bond donors (Lipinski definition) is 4. The summed E-state index contributed by atoms with van der Waals surface area (Å²) in [5, 5.41) is 22.4. The molecule has 0 bridgehead atoms. The molecule has 1 unspecified atom stereocenters. The van der Waals surface area contributed by atoms with Crippen molar-refractivity contribution in [2.75, 3.05) is 19.6 Å². The van der Waals surface area contributed by atoms with Crippen LogP contribution in [0.5, 0.6) is 0 Å². The van der Waals surface area contributed by atoms with Crippen LogP contribution >= 0.6 is 0 Å². The smallest absolute Gasteiger partial charge is 0.335 e. The maximum atomic E-state index is 12.3. The fourth-order valence-electron chi connectivity index (χ4n) is 2.41. The Morgan fingerprint density at radius 2 is 2.18 bits per heavy atom. The highest BCUT2D eigenvalue weighted by molar-refractivity contribution is 7.89. The number of carbonyl (C=O) groups is 1. The van der Waals surface area contributed by atoms with Gasteiger partial charge in [-0.25, -0.2) is 17.9 Å². The van der Waals surface area contributed by atoms with Crippen molar-refractivity contribution in [1.29, 1.82) is 0 Å². The molecule has 2 rings (SSSR count). The van der Waals surface area contributed by atoms with E-state index in [0.29, 0.717) is 18.5 Å². The number of rotatable bonds is 5. The minimum absolute atomic E-state index is 0.0547. The van der Waals surface area contributed by atoms with Gasteiger partial charge in [0.25, 0.3) is 0 Å². The summed E-state index contributed by atoms with van der Waals surface area (Å²) in [6, 6.07) is 3.94. The minimum atomic E-state index is -3.87. The zero-order valence-electron chi connectivity index (χ0n) is 12.3. The zero-order chi connectivity index (χ0) is 16.4. The number of sulfonamides is 1. The summed E-state index contributed by atoms with van der Waals surface area (Å²) < 4.78 is 26.9. The molecule has 4 N–H and O–H groups in total. The number of aliphatic hydroxyl groups is 1. The van der Waals surface area contributed by atoms with Crippen molar-refractivity contribution in [1.82, 2.24) is 10.0 Å². The van der Waals surface area contributed by atoms with Crippen molar-refractivity contribution in [3.05, 3.63) is 29.3 Å². The molecule has 1 atom stereocenters. The van der Waals surface area contributed by atoms with E-state index in [2.05, 4.69) is 10.0 Å². The number of carboxylic acid groups (broad SMARTS) is 1. The topological polar surface area (TPSA) is 116 Å². The standard InChI is InChI=1S/C14H20N2O5S/c1-10-3-4-11(7-12(10)13(17)18)22(20,21)16-9-14(19)5-2-6-15-8-14/h3-4,7,15-16,19H,2,5-6,8-9H2,1H3,(H,17,18). The van der Waals surface area contributed by atoms with Gasteiger partial charge < -0.3 is 15.5 Å². The fourth-order valence-corrected chi connectivity index (χ4v) is 3.56. The van der Waals surface area contributed by atoms with Gasteiger partial charge in [-0.2, -0.15) is 0 Å². The Kier molecular flexibility index (Phi) is 4.86. The Bertz CT molecular complexity index is 666. The van der Waals surface area contributed by atoms with Gasteiger partial charge in [0.1, 0.15) is 0 Å². The van der Waals surface area contributed by atoms with Crippen LogP contribution in [-0.4, -0.2) is 49.8 Å². The van der Waals surface area contributed by atoms with Gasteiger partial charge in [0.2, 0.25) is 10.0 Å². The van der Waals surface area contributed by atoms with Crippen molar-refractivity contribution in [3.63, 3.8) is 0 Å². The molecule has 1 aliphatic heterocycles. The molecule has 0 radical (unpaired) electrons. The molecule has 0 spiro atoms. The first-order valence-electron chi connectivity index (χ1n) is 7.00. The Balaban J connectivity index is 2.16. The number of piperidine rings is 1. The number of β-amino-alcohol motifs (C(OH)–C–C–N with tert-alkyl or cyclic N) is 1. The third-order valence-electron chi connectivity index (χ3n) is 3.79. The molecular weight excluding hydrogens is 308 g/mol. The van der Waals surface area contributed by atoms with Gasteiger partial charge in [0.05, 0.1) is 16.1 Å². The molecule has 1 fully saturated rings. The number of benzene rings is 1. The van der Waals surface area contributed by atoms with E-state index in [9.17, 15) is 18.3 Å². The summed E-state index contributed by atoms with van der Waals surface area (Å²) in [7, 11) is -3.87. The van der Waals surface area contributed by atoms with E-state index in [1.54, 1.807) is 6.92 Å². The van der Waals surface area contributed by atoms with Crippen LogP contribution < -0.4 is 10.0 Å². The summed E-state index contributed by atoms with van der Waals surface area (Å²) in [6.07, 6.45) is 1.28. The first-order valence-corrected chi connectivity index (χ1v) is 8.49. The van der Waals surface area contributed by atoms with Gasteiger partial charge in [0, 0.05) is 13.1 Å². The van der Waals surface area contributed by atoms with Crippen LogP contribution in [0, 0.1) is 6.92 Å². The van der Waals surface area contributed by atoms with Crippen LogP contribution in [0.1, 0.15) is 28.8 Å². The van der Waals surface area contributed by atoms with Crippen LogP contribution in [0.15, 0.2) is 23.1 Å². The van der Waals surface area contributed by atoms with Crippen LogP contribution in [0.2, 0.25) is 0 Å². The van der Waals surface area contributed by atoms with E-state index in [4.69, 9.17) is 5.11 Å². The molecule has 8 heteroatoms. The van der Waals surface area contributed by atoms with Gasteiger partial charge in [0.15, 0.2) is 0 Å². The number of carboxylic acids is 1. The maximum absolute atomic E-state index is 12.3. The first-order chi connectivity index (χ1) is 10.2. The first kappa shape index (κ1) is 16.9. The monoisotopic (exact) mass is 328 g/mol. The molecule has 1 saturated heterocycles. The molecule has 7 nitrogen and oxygen atoms in total. The highest BCUT2D eigenvalue weighted by Crippen LogP contribution is 2.18. The molecule has 0 aliphatic carbocycles. The van der Waals surface area contributed by atoms with Gasteiger partial charge in [-0.1, -0.05) is 6.07 Å². The summed E-state index contributed by atoms with van der Waals surface area (Å²) in [6.45, 7) is 2.61. The Labute approximate surface area is 129 Å². The average molecular weight is 328 g/mol. The molecule has 122 valence electrons. The summed E-state index contributed by atoms with van der Waals surface area (Å²) in [5.74, 6) is -1.18. The van der Waals surface area contributed by atoms with Crippen LogP contribution in [-0.2, 0) is 10.0 Å². The summed E-state index contributed by atoms with van der Waals surface area (Å²) in [4.78, 5) is 11.0. The van der Waals surface area contributed by atoms with Gasteiger partial charge >= 0.3 is 5.97 Å². The largest absolute Gasteiger partial charge is 0.478 e. The lowest BCUT2D eigenvalue weighted by molar-refractivity contribution is 0.0218. The lowest BCUT2D eigenvalue weighted by atomic mass is 9.95. The number of hydrogen-bond acceptors (Lipinski definition) is 5. The fraction of sp³-hybridized carbons (Fsp3) is 0.500. The van der Waals surface area contributed by atoms with Crippen molar-refractivity contribution < 1.29 is 23.4 Å².